The molecule has 1 N–H and O–H groups in total. The van der Waals surface area contributed by atoms with Gasteiger partial charge in [-0.1, -0.05) is 66.6 Å². The summed E-state index contributed by atoms with van der Waals surface area (Å²) in [5.74, 6) is -1.22. The summed E-state index contributed by atoms with van der Waals surface area (Å²) in [5, 5.41) is 0.738. The van der Waals surface area contributed by atoms with E-state index >= 15 is 0 Å². The number of halogens is 1. The van der Waals surface area contributed by atoms with E-state index < -0.39 is 27.9 Å². The van der Waals surface area contributed by atoms with Crippen molar-refractivity contribution in [3.05, 3.63) is 101 Å². The molecule has 0 radical (unpaired) electrons. The highest BCUT2D eigenvalue weighted by atomic mass is 35.5. The molecule has 9 heteroatoms. The number of aromatic nitrogens is 1. The Bertz CT molecular complexity index is 1560. The summed E-state index contributed by atoms with van der Waals surface area (Å²) in [5.41, 5.74) is 1.67. The number of carbonyl (C=O) groups is 2. The molecule has 1 aliphatic rings. The molecular weight excluding hydrogens is 512 g/mol. The van der Waals surface area contributed by atoms with Gasteiger partial charge in [-0.25, -0.2) is 13.2 Å². The van der Waals surface area contributed by atoms with Crippen LogP contribution >= 0.6 is 11.6 Å². The Morgan fingerprint density at radius 2 is 1.62 bits per heavy atom. The van der Waals surface area contributed by atoms with Gasteiger partial charge in [0.1, 0.15) is 4.90 Å². The molecule has 5 rings (SSSR count). The summed E-state index contributed by atoms with van der Waals surface area (Å²) in [6, 6.07) is 20.1. The fourth-order valence-electron chi connectivity index (χ4n) is 4.56. The van der Waals surface area contributed by atoms with E-state index in [1.54, 1.807) is 36.5 Å². The van der Waals surface area contributed by atoms with E-state index in [1.807, 2.05) is 24.3 Å². The van der Waals surface area contributed by atoms with E-state index in [9.17, 15) is 18.0 Å². The second kappa shape index (κ2) is 10.5. The molecule has 190 valence electrons. The number of nitrogens with one attached hydrogen (secondary N) is 1. The van der Waals surface area contributed by atoms with Crippen LogP contribution in [0.3, 0.4) is 0 Å². The lowest BCUT2D eigenvalue weighted by molar-refractivity contribution is 0.0280. The number of sulfonamides is 1. The molecule has 0 spiro atoms. The number of hydrogen-bond donors (Lipinski definition) is 1. The molecule has 4 aromatic rings. The number of nitrogens with zero attached hydrogens (tertiary/aromatic N) is 1. The highest BCUT2D eigenvalue weighted by molar-refractivity contribution is 7.89. The summed E-state index contributed by atoms with van der Waals surface area (Å²) in [6.45, 7) is 0.811. The van der Waals surface area contributed by atoms with E-state index in [2.05, 4.69) is 4.98 Å². The molecule has 0 amide bonds. The van der Waals surface area contributed by atoms with E-state index in [-0.39, 0.29) is 15.5 Å². The predicted octanol–water partition coefficient (Wildman–Crippen LogP) is 5.78. The quantitative estimate of drug-likeness (QED) is 0.239. The van der Waals surface area contributed by atoms with Crippen LogP contribution in [0.1, 0.15) is 51.6 Å². The Balaban J connectivity index is 1.48. The minimum Gasteiger partial charge on any atom is -0.445 e. The van der Waals surface area contributed by atoms with Gasteiger partial charge < -0.3 is 9.72 Å². The summed E-state index contributed by atoms with van der Waals surface area (Å²) in [6.07, 6.45) is 2.88. The number of para-hydroxylation sites is 1. The van der Waals surface area contributed by atoms with Crippen molar-refractivity contribution in [2.24, 2.45) is 0 Å². The fraction of sp³-hybridized carbons (Fsp3) is 0.214. The number of fused-ring (bicyclic) bond motifs is 1. The first-order valence-corrected chi connectivity index (χ1v) is 13.8. The summed E-state index contributed by atoms with van der Waals surface area (Å²) in [4.78, 5) is 29.9. The van der Waals surface area contributed by atoms with Crippen LogP contribution in [-0.4, -0.2) is 42.5 Å². The molecule has 1 atom stereocenters. The van der Waals surface area contributed by atoms with Gasteiger partial charge in [-0.3, -0.25) is 4.79 Å². The van der Waals surface area contributed by atoms with Gasteiger partial charge >= 0.3 is 5.97 Å². The molecule has 1 aromatic heterocycles. The van der Waals surface area contributed by atoms with Gasteiger partial charge in [0.2, 0.25) is 15.8 Å². The second-order valence-electron chi connectivity index (χ2n) is 8.92. The number of aromatic amines is 1. The van der Waals surface area contributed by atoms with E-state index in [0.717, 1.165) is 24.8 Å². The number of H-pyrrole nitrogens is 1. The Morgan fingerprint density at radius 1 is 0.919 bits per heavy atom. The first kappa shape index (κ1) is 25.2. The van der Waals surface area contributed by atoms with Crippen molar-refractivity contribution in [2.75, 3.05) is 13.1 Å². The molecule has 2 heterocycles. The lowest BCUT2D eigenvalue weighted by Gasteiger charge is -2.26. The number of rotatable bonds is 7. The maximum atomic E-state index is 13.7. The molecule has 0 aliphatic carbocycles. The monoisotopic (exact) mass is 536 g/mol. The van der Waals surface area contributed by atoms with Crippen LogP contribution in [0.2, 0.25) is 5.02 Å². The minimum absolute atomic E-state index is 0.00681. The van der Waals surface area contributed by atoms with Gasteiger partial charge in [-0.15, -0.1) is 0 Å². The van der Waals surface area contributed by atoms with Crippen LogP contribution in [0.5, 0.6) is 0 Å². The van der Waals surface area contributed by atoms with Gasteiger partial charge in [0.15, 0.2) is 6.10 Å². The minimum atomic E-state index is -3.88. The van der Waals surface area contributed by atoms with Crippen molar-refractivity contribution >= 4 is 44.3 Å². The molecule has 1 saturated heterocycles. The molecule has 0 saturated carbocycles. The van der Waals surface area contributed by atoms with Crippen molar-refractivity contribution in [3.63, 3.8) is 0 Å². The highest BCUT2D eigenvalue weighted by Gasteiger charge is 2.31. The first-order valence-electron chi connectivity index (χ1n) is 12.0. The van der Waals surface area contributed by atoms with Crippen molar-refractivity contribution in [1.82, 2.24) is 9.29 Å². The summed E-state index contributed by atoms with van der Waals surface area (Å²) < 4.78 is 33.6. The van der Waals surface area contributed by atoms with Crippen molar-refractivity contribution in [3.8, 4) is 0 Å². The molecule has 7 nitrogen and oxygen atoms in total. The Labute approximate surface area is 220 Å². The molecule has 0 unspecified atom stereocenters. The number of Topliss-reactive ketones (excluding diaryl/α,β-unsaturated/α-hetero) is 1. The maximum absolute atomic E-state index is 13.7. The predicted molar refractivity (Wildman–Crippen MR) is 141 cm³/mol. The molecule has 37 heavy (non-hydrogen) atoms. The number of carbonyl (C=O) groups excluding carboxylic acids is 2. The number of ketones is 1. The van der Waals surface area contributed by atoms with Crippen LogP contribution in [0.25, 0.3) is 10.9 Å². The average molecular weight is 537 g/mol. The van der Waals surface area contributed by atoms with Crippen LogP contribution in [0, 0.1) is 0 Å². The number of hydrogen-bond acceptors (Lipinski definition) is 5. The fourth-order valence-corrected chi connectivity index (χ4v) is 6.58. The standard InChI is InChI=1S/C28H25ClN2O5S/c29-23-14-13-20(17-25(23)37(34,35)31-15-7-2-8-16-31)28(33)36-27(19-9-3-1-4-10-19)26(32)22-18-30-24-12-6-5-11-21(22)24/h1,3-6,9-14,17-18,27,30H,2,7-8,15-16H2/t27-/m0/s1. The number of piperidine rings is 1. The lowest BCUT2D eigenvalue weighted by Crippen LogP contribution is -2.35. The molecule has 1 aliphatic heterocycles. The summed E-state index contributed by atoms with van der Waals surface area (Å²) in [7, 11) is -3.88. The van der Waals surface area contributed by atoms with Gasteiger partial charge in [0.25, 0.3) is 0 Å². The third kappa shape index (κ3) is 5.05. The zero-order chi connectivity index (χ0) is 26.0. The van der Waals surface area contributed by atoms with Crippen molar-refractivity contribution < 1.29 is 22.7 Å². The van der Waals surface area contributed by atoms with Gasteiger partial charge in [-0.2, -0.15) is 4.31 Å². The van der Waals surface area contributed by atoms with Crippen molar-refractivity contribution in [1.29, 1.82) is 0 Å². The van der Waals surface area contributed by atoms with E-state index in [1.165, 1.54) is 22.5 Å². The second-order valence-corrected chi connectivity index (χ2v) is 11.2. The smallest absolute Gasteiger partial charge is 0.339 e. The Kier molecular flexibility index (Phi) is 7.15. The third-order valence-electron chi connectivity index (χ3n) is 6.52. The Hall–Kier alpha value is -3.46. The third-order valence-corrected chi connectivity index (χ3v) is 8.90. The number of benzene rings is 3. The van der Waals surface area contributed by atoms with E-state index in [4.69, 9.17) is 16.3 Å². The highest BCUT2D eigenvalue weighted by Crippen LogP contribution is 2.31. The van der Waals surface area contributed by atoms with Crippen molar-refractivity contribution in [2.45, 2.75) is 30.3 Å². The maximum Gasteiger partial charge on any atom is 0.339 e. The first-order chi connectivity index (χ1) is 17.9. The zero-order valence-corrected chi connectivity index (χ0v) is 21.5. The average Bonchev–Trinajstić information content (AvgIpc) is 3.36. The lowest BCUT2D eigenvalue weighted by atomic mass is 9.99. The molecule has 3 aromatic carbocycles. The SMILES string of the molecule is O=C(O[C@H](C(=O)c1c[nH]c2ccccc12)c1ccccc1)c1ccc(Cl)c(S(=O)(=O)N2CCCCC2)c1. The summed E-state index contributed by atoms with van der Waals surface area (Å²) >= 11 is 6.26. The number of ether oxygens (including phenoxy) is 1. The Morgan fingerprint density at radius 3 is 2.38 bits per heavy atom. The van der Waals surface area contributed by atoms with Gasteiger partial charge in [0, 0.05) is 41.3 Å². The normalized spacial score (nSPS) is 15.4. The molecular formula is C28H25ClN2O5S. The van der Waals surface area contributed by atoms with Crippen LogP contribution in [0.15, 0.2) is 83.9 Å². The number of esters is 1. The van der Waals surface area contributed by atoms with Crippen LogP contribution in [-0.2, 0) is 14.8 Å². The topological polar surface area (TPSA) is 96.5 Å². The van der Waals surface area contributed by atoms with Crippen LogP contribution < -0.4 is 0 Å². The largest absolute Gasteiger partial charge is 0.445 e. The van der Waals surface area contributed by atoms with Gasteiger partial charge in [0.05, 0.1) is 10.6 Å². The molecule has 1 fully saturated rings. The van der Waals surface area contributed by atoms with E-state index in [0.29, 0.717) is 29.6 Å². The van der Waals surface area contributed by atoms with Crippen LogP contribution in [0.4, 0.5) is 0 Å². The zero-order valence-electron chi connectivity index (χ0n) is 19.9. The van der Waals surface area contributed by atoms with Gasteiger partial charge in [-0.05, 0) is 37.1 Å². The molecule has 0 bridgehead atoms.